The van der Waals surface area contributed by atoms with E-state index in [1.165, 1.54) is 11.1 Å². The fraction of sp³-hybridized carbons (Fsp3) is 0.400. The molecule has 4 nitrogen and oxygen atoms in total. The van der Waals surface area contributed by atoms with Gasteiger partial charge in [0.25, 0.3) is 0 Å². The number of rotatable bonds is 6. The number of nitrogens with one attached hydrogen (secondary N) is 1. The molecule has 0 radical (unpaired) electrons. The standard InChI is InChI=1S/C15H19NO3/c17-15(18)4-1-8-16-9-7-12-5-6-14-13(11-12)3-2-10-19-14/h1,4-6,11,16H,2-3,7-10H2,(H,17,18)/b4-1+. The zero-order valence-electron chi connectivity index (χ0n) is 10.9. The van der Waals surface area contributed by atoms with Gasteiger partial charge in [0.05, 0.1) is 6.61 Å². The van der Waals surface area contributed by atoms with Gasteiger partial charge in [-0.1, -0.05) is 18.2 Å². The second-order valence-corrected chi connectivity index (χ2v) is 4.59. The maximum atomic E-state index is 10.3. The van der Waals surface area contributed by atoms with Gasteiger partial charge >= 0.3 is 5.97 Å². The summed E-state index contributed by atoms with van der Waals surface area (Å²) in [6.07, 6.45) is 5.90. The predicted octanol–water partition coefficient (Wildman–Crippen LogP) is 1.78. The van der Waals surface area contributed by atoms with E-state index in [0.717, 1.165) is 44.2 Å². The van der Waals surface area contributed by atoms with Gasteiger partial charge < -0.3 is 15.2 Å². The lowest BCUT2D eigenvalue weighted by Crippen LogP contribution is -2.17. The monoisotopic (exact) mass is 261 g/mol. The Bertz CT molecular complexity index is 468. The van der Waals surface area contributed by atoms with Gasteiger partial charge in [-0.15, -0.1) is 0 Å². The molecule has 0 saturated heterocycles. The molecule has 1 aliphatic heterocycles. The van der Waals surface area contributed by atoms with Gasteiger partial charge in [-0.2, -0.15) is 0 Å². The Morgan fingerprint density at radius 3 is 3.21 bits per heavy atom. The van der Waals surface area contributed by atoms with Crippen LogP contribution in [0.4, 0.5) is 0 Å². The number of aryl methyl sites for hydroxylation is 1. The molecule has 0 amide bonds. The SMILES string of the molecule is O=C(O)/C=C/CNCCc1ccc2c(c1)CCCO2. The van der Waals surface area contributed by atoms with Gasteiger partial charge in [-0.25, -0.2) is 4.79 Å². The van der Waals surface area contributed by atoms with E-state index in [1.54, 1.807) is 6.08 Å². The van der Waals surface area contributed by atoms with Crippen LogP contribution >= 0.6 is 0 Å². The summed E-state index contributed by atoms with van der Waals surface area (Å²) in [6.45, 7) is 2.24. The third-order valence-electron chi connectivity index (χ3n) is 3.09. The summed E-state index contributed by atoms with van der Waals surface area (Å²) < 4.78 is 5.58. The lowest BCUT2D eigenvalue weighted by Gasteiger charge is -2.17. The summed E-state index contributed by atoms with van der Waals surface area (Å²) in [5, 5.41) is 11.6. The van der Waals surface area contributed by atoms with Gasteiger partial charge in [0.2, 0.25) is 0 Å². The summed E-state index contributed by atoms with van der Waals surface area (Å²) in [7, 11) is 0. The molecule has 1 aromatic carbocycles. The van der Waals surface area contributed by atoms with Crippen molar-refractivity contribution in [3.05, 3.63) is 41.5 Å². The van der Waals surface area contributed by atoms with Crippen LogP contribution in [0.2, 0.25) is 0 Å². The highest BCUT2D eigenvalue weighted by Crippen LogP contribution is 2.25. The maximum absolute atomic E-state index is 10.3. The lowest BCUT2D eigenvalue weighted by atomic mass is 10.0. The normalized spacial score (nSPS) is 14.1. The Labute approximate surface area is 113 Å². The minimum atomic E-state index is -0.906. The molecule has 2 rings (SSSR count). The first-order valence-corrected chi connectivity index (χ1v) is 6.60. The number of carboxylic acids is 1. The fourth-order valence-corrected chi connectivity index (χ4v) is 2.15. The number of fused-ring (bicyclic) bond motifs is 1. The van der Waals surface area contributed by atoms with Crippen molar-refractivity contribution in [1.82, 2.24) is 5.32 Å². The molecule has 1 heterocycles. The Morgan fingerprint density at radius 2 is 2.37 bits per heavy atom. The van der Waals surface area contributed by atoms with Crippen LogP contribution in [0.25, 0.3) is 0 Å². The Balaban J connectivity index is 1.75. The van der Waals surface area contributed by atoms with Gasteiger partial charge in [0.1, 0.15) is 5.75 Å². The number of hydrogen-bond acceptors (Lipinski definition) is 3. The predicted molar refractivity (Wildman–Crippen MR) is 73.6 cm³/mol. The summed E-state index contributed by atoms with van der Waals surface area (Å²) in [5.41, 5.74) is 2.59. The first kappa shape index (κ1) is 13.6. The van der Waals surface area contributed by atoms with Crippen molar-refractivity contribution in [1.29, 1.82) is 0 Å². The van der Waals surface area contributed by atoms with Crippen molar-refractivity contribution >= 4 is 5.97 Å². The van der Waals surface area contributed by atoms with Crippen LogP contribution in [-0.2, 0) is 17.6 Å². The van der Waals surface area contributed by atoms with Crippen LogP contribution in [0, 0.1) is 0 Å². The van der Waals surface area contributed by atoms with Crippen LogP contribution in [0.1, 0.15) is 17.5 Å². The summed E-state index contributed by atoms with van der Waals surface area (Å²) in [5.74, 6) is 0.115. The van der Waals surface area contributed by atoms with Crippen molar-refractivity contribution < 1.29 is 14.6 Å². The van der Waals surface area contributed by atoms with E-state index in [4.69, 9.17) is 9.84 Å². The van der Waals surface area contributed by atoms with Gasteiger partial charge in [0.15, 0.2) is 0 Å². The second kappa shape index (κ2) is 6.95. The number of benzene rings is 1. The van der Waals surface area contributed by atoms with Gasteiger partial charge in [-0.05, 0) is 43.0 Å². The van der Waals surface area contributed by atoms with Crippen molar-refractivity contribution in [3.8, 4) is 5.75 Å². The van der Waals surface area contributed by atoms with Crippen LogP contribution in [0.5, 0.6) is 5.75 Å². The average molecular weight is 261 g/mol. The highest BCUT2D eigenvalue weighted by Gasteiger charge is 2.09. The molecule has 0 saturated carbocycles. The summed E-state index contributed by atoms with van der Waals surface area (Å²) >= 11 is 0. The van der Waals surface area contributed by atoms with Crippen LogP contribution in [0.15, 0.2) is 30.4 Å². The molecular formula is C15H19NO3. The van der Waals surface area contributed by atoms with Crippen molar-refractivity contribution in [2.24, 2.45) is 0 Å². The van der Waals surface area contributed by atoms with Gasteiger partial charge in [-0.3, -0.25) is 0 Å². The molecule has 2 N–H and O–H groups in total. The second-order valence-electron chi connectivity index (χ2n) is 4.59. The molecule has 1 aromatic rings. The molecule has 1 aliphatic rings. The molecular weight excluding hydrogens is 242 g/mol. The molecule has 0 fully saturated rings. The fourth-order valence-electron chi connectivity index (χ4n) is 2.15. The van der Waals surface area contributed by atoms with E-state index in [9.17, 15) is 4.79 Å². The number of aliphatic carboxylic acids is 1. The molecule has 102 valence electrons. The first-order valence-electron chi connectivity index (χ1n) is 6.60. The number of carboxylic acid groups (broad SMARTS) is 1. The average Bonchev–Trinajstić information content (AvgIpc) is 2.42. The van der Waals surface area contributed by atoms with Crippen LogP contribution in [0.3, 0.4) is 0 Å². The Morgan fingerprint density at radius 1 is 1.47 bits per heavy atom. The van der Waals surface area contributed by atoms with Crippen molar-refractivity contribution in [2.45, 2.75) is 19.3 Å². The molecule has 0 aromatic heterocycles. The number of carbonyl (C=O) groups is 1. The van der Waals surface area contributed by atoms with E-state index in [-0.39, 0.29) is 0 Å². The van der Waals surface area contributed by atoms with E-state index in [0.29, 0.717) is 6.54 Å². The molecule has 0 atom stereocenters. The van der Waals surface area contributed by atoms with Crippen LogP contribution < -0.4 is 10.1 Å². The maximum Gasteiger partial charge on any atom is 0.328 e. The minimum Gasteiger partial charge on any atom is -0.493 e. The third-order valence-corrected chi connectivity index (χ3v) is 3.09. The lowest BCUT2D eigenvalue weighted by molar-refractivity contribution is -0.131. The molecule has 19 heavy (non-hydrogen) atoms. The summed E-state index contributed by atoms with van der Waals surface area (Å²) in [6, 6.07) is 6.36. The largest absolute Gasteiger partial charge is 0.493 e. The highest BCUT2D eigenvalue weighted by molar-refractivity contribution is 5.79. The van der Waals surface area contributed by atoms with E-state index >= 15 is 0 Å². The molecule has 0 bridgehead atoms. The Hall–Kier alpha value is -1.81. The number of hydrogen-bond donors (Lipinski definition) is 2. The minimum absolute atomic E-state index is 0.584. The zero-order chi connectivity index (χ0) is 13.5. The molecule has 4 heteroatoms. The summed E-state index contributed by atoms with van der Waals surface area (Å²) in [4.78, 5) is 10.3. The topological polar surface area (TPSA) is 58.6 Å². The third kappa shape index (κ3) is 4.41. The molecule has 0 spiro atoms. The van der Waals surface area contributed by atoms with Crippen LogP contribution in [-0.4, -0.2) is 30.8 Å². The smallest absolute Gasteiger partial charge is 0.328 e. The molecule has 0 unspecified atom stereocenters. The highest BCUT2D eigenvalue weighted by atomic mass is 16.5. The van der Waals surface area contributed by atoms with Crippen molar-refractivity contribution in [2.75, 3.05) is 19.7 Å². The van der Waals surface area contributed by atoms with Crippen molar-refractivity contribution in [3.63, 3.8) is 0 Å². The number of ether oxygens (including phenoxy) is 1. The quantitative estimate of drug-likeness (QED) is 0.605. The zero-order valence-corrected chi connectivity index (χ0v) is 10.9. The molecule has 0 aliphatic carbocycles. The Kier molecular flexibility index (Phi) is 4.98. The van der Waals surface area contributed by atoms with E-state index < -0.39 is 5.97 Å². The van der Waals surface area contributed by atoms with E-state index in [2.05, 4.69) is 17.4 Å². The van der Waals surface area contributed by atoms with Gasteiger partial charge in [0, 0.05) is 12.6 Å². The first-order chi connectivity index (χ1) is 9.25. The van der Waals surface area contributed by atoms with E-state index in [1.807, 2.05) is 6.07 Å².